The first-order chi connectivity index (χ1) is 13.5. The highest BCUT2D eigenvalue weighted by Gasteiger charge is 2.48. The fourth-order valence-electron chi connectivity index (χ4n) is 3.35. The van der Waals surface area contributed by atoms with E-state index < -0.39 is 17.7 Å². The van der Waals surface area contributed by atoms with Crippen LogP contribution in [-0.4, -0.2) is 16.8 Å². The summed E-state index contributed by atoms with van der Waals surface area (Å²) < 4.78 is 6.53. The molecule has 1 saturated heterocycles. The van der Waals surface area contributed by atoms with Gasteiger partial charge in [0.25, 0.3) is 11.7 Å². The lowest BCUT2D eigenvalue weighted by Gasteiger charge is -2.23. The van der Waals surface area contributed by atoms with E-state index in [4.69, 9.17) is 4.42 Å². The molecule has 5 nitrogen and oxygen atoms in total. The van der Waals surface area contributed by atoms with Gasteiger partial charge in [-0.1, -0.05) is 52.3 Å². The maximum absolute atomic E-state index is 12.9. The van der Waals surface area contributed by atoms with Gasteiger partial charge in [0.15, 0.2) is 0 Å². The molecule has 0 bridgehead atoms. The molecule has 1 aliphatic heterocycles. The second kappa shape index (κ2) is 7.13. The summed E-state index contributed by atoms with van der Waals surface area (Å²) in [6, 6.07) is 18.4. The number of amides is 1. The summed E-state index contributed by atoms with van der Waals surface area (Å²) in [4.78, 5) is 27.2. The Morgan fingerprint density at radius 3 is 2.43 bits per heavy atom. The van der Waals surface area contributed by atoms with Crippen molar-refractivity contribution in [3.05, 3.63) is 93.9 Å². The molecule has 1 N–H and O–H groups in total. The minimum Gasteiger partial charge on any atom is -0.507 e. The summed E-state index contributed by atoms with van der Waals surface area (Å²) in [6.45, 7) is 1.78. The number of carbonyl (C=O) groups is 2. The quantitative estimate of drug-likeness (QED) is 0.356. The highest BCUT2D eigenvalue weighted by Crippen LogP contribution is 2.43. The summed E-state index contributed by atoms with van der Waals surface area (Å²) in [5, 5.41) is 10.9. The first kappa shape index (κ1) is 18.3. The minimum atomic E-state index is -0.858. The Hall–Kier alpha value is -3.12. The first-order valence-corrected chi connectivity index (χ1v) is 9.45. The molecule has 140 valence electrons. The molecule has 1 aliphatic rings. The molecule has 1 unspecified atom stereocenters. The fourth-order valence-corrected chi connectivity index (χ4v) is 3.73. The Labute approximate surface area is 170 Å². The molecule has 3 aromatic rings. The van der Waals surface area contributed by atoms with Crippen LogP contribution >= 0.6 is 15.9 Å². The van der Waals surface area contributed by atoms with E-state index in [0.717, 1.165) is 4.47 Å². The average Bonchev–Trinajstić information content (AvgIpc) is 3.23. The van der Waals surface area contributed by atoms with Crippen LogP contribution < -0.4 is 4.90 Å². The lowest BCUT2D eigenvalue weighted by atomic mass is 9.99. The van der Waals surface area contributed by atoms with Crippen molar-refractivity contribution in [1.29, 1.82) is 0 Å². The van der Waals surface area contributed by atoms with E-state index in [1.807, 2.05) is 12.1 Å². The highest BCUT2D eigenvalue weighted by molar-refractivity contribution is 9.10. The van der Waals surface area contributed by atoms with E-state index >= 15 is 0 Å². The van der Waals surface area contributed by atoms with E-state index in [-0.39, 0.29) is 11.3 Å². The first-order valence-electron chi connectivity index (χ1n) is 8.65. The molecule has 1 aromatic heterocycles. The van der Waals surface area contributed by atoms with Gasteiger partial charge in [-0.05, 0) is 37.3 Å². The van der Waals surface area contributed by atoms with Crippen LogP contribution in [0.2, 0.25) is 0 Å². The molecular formula is C22H16BrNO4. The third kappa shape index (κ3) is 3.05. The monoisotopic (exact) mass is 437 g/mol. The second-order valence-corrected chi connectivity index (χ2v) is 7.38. The number of rotatable bonds is 3. The zero-order chi connectivity index (χ0) is 19.8. The van der Waals surface area contributed by atoms with E-state index in [1.165, 1.54) is 4.90 Å². The van der Waals surface area contributed by atoms with Crippen molar-refractivity contribution in [2.75, 3.05) is 4.90 Å². The molecule has 0 radical (unpaired) electrons. The van der Waals surface area contributed by atoms with E-state index in [1.54, 1.807) is 61.5 Å². The Morgan fingerprint density at radius 2 is 1.79 bits per heavy atom. The van der Waals surface area contributed by atoms with Gasteiger partial charge in [0, 0.05) is 15.7 Å². The smallest absolute Gasteiger partial charge is 0.300 e. The van der Waals surface area contributed by atoms with Crippen LogP contribution in [0.5, 0.6) is 0 Å². The number of anilines is 1. The summed E-state index contributed by atoms with van der Waals surface area (Å²) in [6.07, 6.45) is 0. The molecule has 1 amide bonds. The summed E-state index contributed by atoms with van der Waals surface area (Å²) in [5.41, 5.74) is 0.996. The largest absolute Gasteiger partial charge is 0.507 e. The molecular weight excluding hydrogens is 422 g/mol. The Bertz CT molecular complexity index is 1100. The van der Waals surface area contributed by atoms with Gasteiger partial charge in [-0.3, -0.25) is 14.5 Å². The number of aryl methyl sites for hydroxylation is 1. The van der Waals surface area contributed by atoms with Crippen LogP contribution in [0.3, 0.4) is 0 Å². The number of Topliss-reactive ketones (excluding diaryl/α,β-unsaturated/α-hetero) is 1. The molecule has 2 heterocycles. The Kier molecular flexibility index (Phi) is 4.65. The van der Waals surface area contributed by atoms with Crippen molar-refractivity contribution >= 4 is 39.1 Å². The number of carbonyl (C=O) groups excluding carboxylic acids is 2. The molecule has 0 aliphatic carbocycles. The van der Waals surface area contributed by atoms with Crippen molar-refractivity contribution in [3.63, 3.8) is 0 Å². The van der Waals surface area contributed by atoms with Crippen LogP contribution in [0.4, 0.5) is 5.69 Å². The maximum Gasteiger partial charge on any atom is 0.300 e. The lowest BCUT2D eigenvalue weighted by Crippen LogP contribution is -2.29. The number of aliphatic hydroxyl groups is 1. The molecule has 0 saturated carbocycles. The van der Waals surface area contributed by atoms with Gasteiger partial charge in [-0.2, -0.15) is 0 Å². The third-order valence-electron chi connectivity index (χ3n) is 4.61. The zero-order valence-electron chi connectivity index (χ0n) is 14.9. The molecule has 4 rings (SSSR count). The predicted octanol–water partition coefficient (Wildman–Crippen LogP) is 4.98. The third-order valence-corrected chi connectivity index (χ3v) is 5.10. The molecule has 1 fully saturated rings. The van der Waals surface area contributed by atoms with E-state index in [9.17, 15) is 14.7 Å². The molecule has 0 spiro atoms. The summed E-state index contributed by atoms with van der Waals surface area (Å²) >= 11 is 3.40. The van der Waals surface area contributed by atoms with Gasteiger partial charge in [0.05, 0.1) is 5.57 Å². The summed E-state index contributed by atoms with van der Waals surface area (Å²) in [7, 11) is 0. The summed E-state index contributed by atoms with van der Waals surface area (Å²) in [5.74, 6) is -0.630. The zero-order valence-corrected chi connectivity index (χ0v) is 16.5. The van der Waals surface area contributed by atoms with Crippen LogP contribution in [0.25, 0.3) is 5.76 Å². The van der Waals surface area contributed by atoms with E-state index in [0.29, 0.717) is 22.8 Å². The van der Waals surface area contributed by atoms with Crippen LogP contribution in [0, 0.1) is 6.92 Å². The molecule has 2 aromatic carbocycles. The lowest BCUT2D eigenvalue weighted by molar-refractivity contribution is -0.132. The highest BCUT2D eigenvalue weighted by atomic mass is 79.9. The Balaban J connectivity index is 1.95. The molecule has 6 heteroatoms. The number of halogens is 1. The normalized spacial score (nSPS) is 18.6. The van der Waals surface area contributed by atoms with E-state index in [2.05, 4.69) is 15.9 Å². The topological polar surface area (TPSA) is 70.8 Å². The second-order valence-electron chi connectivity index (χ2n) is 6.46. The van der Waals surface area contributed by atoms with Crippen LogP contribution in [0.1, 0.15) is 23.1 Å². The van der Waals surface area contributed by atoms with Crippen molar-refractivity contribution in [3.8, 4) is 0 Å². The number of nitrogens with zero attached hydrogens (tertiary/aromatic N) is 1. The van der Waals surface area contributed by atoms with Gasteiger partial charge >= 0.3 is 0 Å². The van der Waals surface area contributed by atoms with Crippen LogP contribution in [-0.2, 0) is 9.59 Å². The van der Waals surface area contributed by atoms with Crippen molar-refractivity contribution in [2.24, 2.45) is 0 Å². The number of ketones is 1. The van der Waals surface area contributed by atoms with Gasteiger partial charge < -0.3 is 9.52 Å². The van der Waals surface area contributed by atoms with Crippen molar-refractivity contribution in [2.45, 2.75) is 13.0 Å². The predicted molar refractivity (Wildman–Crippen MR) is 109 cm³/mol. The number of benzene rings is 2. The fraction of sp³-hybridized carbons (Fsp3) is 0.0909. The van der Waals surface area contributed by atoms with Crippen molar-refractivity contribution < 1.29 is 19.1 Å². The Morgan fingerprint density at radius 1 is 1.04 bits per heavy atom. The number of aliphatic hydroxyl groups excluding tert-OH is 1. The molecule has 28 heavy (non-hydrogen) atoms. The SMILES string of the molecule is Cc1ccc(C2/C(=C(/O)c3ccccc3)C(=O)C(=O)N2c2cccc(Br)c2)o1. The van der Waals surface area contributed by atoms with Crippen molar-refractivity contribution in [1.82, 2.24) is 0 Å². The standard InChI is InChI=1S/C22H16BrNO4/c1-13-10-11-17(28-13)19-18(20(25)14-6-3-2-4-7-14)21(26)22(27)24(19)16-9-5-8-15(23)12-16/h2-12,19,25H,1H3/b20-18-. The number of hydrogen-bond acceptors (Lipinski definition) is 4. The number of furan rings is 1. The average molecular weight is 438 g/mol. The van der Waals surface area contributed by atoms with Gasteiger partial charge in [0.2, 0.25) is 0 Å². The molecule has 1 atom stereocenters. The van der Waals surface area contributed by atoms with Gasteiger partial charge in [-0.25, -0.2) is 0 Å². The maximum atomic E-state index is 12.9. The minimum absolute atomic E-state index is 0.00512. The van der Waals surface area contributed by atoms with Gasteiger partial charge in [-0.15, -0.1) is 0 Å². The number of hydrogen-bond donors (Lipinski definition) is 1. The van der Waals surface area contributed by atoms with Crippen LogP contribution in [0.15, 0.2) is 81.2 Å². The van der Waals surface area contributed by atoms with Gasteiger partial charge in [0.1, 0.15) is 23.3 Å².